The maximum atomic E-state index is 12.3. The predicted molar refractivity (Wildman–Crippen MR) is 118 cm³/mol. The molecule has 0 saturated heterocycles. The molecule has 160 valence electrons. The van der Waals surface area contributed by atoms with E-state index in [0.717, 1.165) is 15.6 Å². The van der Waals surface area contributed by atoms with E-state index in [1.807, 2.05) is 43.3 Å². The fourth-order valence-electron chi connectivity index (χ4n) is 3.02. The second-order valence-electron chi connectivity index (χ2n) is 7.11. The Kier molecular flexibility index (Phi) is 5.72. The number of fused-ring (bicyclic) bond motifs is 1. The SMILES string of the molecule is COc1cc2c(Oc3ccc(C(C)C)cc3)c(OC(=O)Nc3nn[nH]n3)sc2cc1C. The number of carbonyl (C=O) groups excluding carboxylic acids is 1. The number of hydrogen-bond donors (Lipinski definition) is 2. The molecule has 0 aliphatic heterocycles. The van der Waals surface area contributed by atoms with Crippen molar-refractivity contribution in [2.45, 2.75) is 26.7 Å². The number of anilines is 1. The quantitative estimate of drug-likeness (QED) is 0.421. The van der Waals surface area contributed by atoms with Crippen molar-refractivity contribution in [3.8, 4) is 22.3 Å². The van der Waals surface area contributed by atoms with E-state index in [1.54, 1.807) is 7.11 Å². The van der Waals surface area contributed by atoms with Gasteiger partial charge in [0, 0.05) is 10.1 Å². The monoisotopic (exact) mass is 439 g/mol. The molecular weight excluding hydrogens is 418 g/mol. The third kappa shape index (κ3) is 4.43. The molecule has 0 fully saturated rings. The molecule has 31 heavy (non-hydrogen) atoms. The van der Waals surface area contributed by atoms with Crippen molar-refractivity contribution in [3.63, 3.8) is 0 Å². The summed E-state index contributed by atoms with van der Waals surface area (Å²) in [6.07, 6.45) is -0.753. The predicted octanol–water partition coefficient (Wildman–Crippen LogP) is 5.26. The number of aromatic amines is 1. The molecule has 9 nitrogen and oxygen atoms in total. The summed E-state index contributed by atoms with van der Waals surface area (Å²) in [5.41, 5.74) is 2.17. The molecule has 0 radical (unpaired) electrons. The molecule has 0 bridgehead atoms. The van der Waals surface area contributed by atoms with Crippen LogP contribution in [0.25, 0.3) is 10.1 Å². The molecule has 2 aromatic heterocycles. The van der Waals surface area contributed by atoms with Gasteiger partial charge in [0.05, 0.1) is 7.11 Å². The number of nitrogens with zero attached hydrogens (tertiary/aromatic N) is 3. The van der Waals surface area contributed by atoms with E-state index in [1.165, 1.54) is 16.9 Å². The van der Waals surface area contributed by atoms with Gasteiger partial charge in [-0.15, -0.1) is 5.10 Å². The van der Waals surface area contributed by atoms with E-state index in [0.29, 0.717) is 28.2 Å². The zero-order chi connectivity index (χ0) is 22.0. The van der Waals surface area contributed by atoms with Gasteiger partial charge in [0.15, 0.2) is 5.75 Å². The number of benzene rings is 2. The topological polar surface area (TPSA) is 111 Å². The minimum atomic E-state index is -0.753. The highest BCUT2D eigenvalue weighted by molar-refractivity contribution is 7.21. The van der Waals surface area contributed by atoms with Crippen LogP contribution in [0.5, 0.6) is 22.3 Å². The van der Waals surface area contributed by atoms with E-state index >= 15 is 0 Å². The van der Waals surface area contributed by atoms with Crippen molar-refractivity contribution < 1.29 is 19.0 Å². The maximum Gasteiger partial charge on any atom is 0.420 e. The lowest BCUT2D eigenvalue weighted by atomic mass is 10.0. The average molecular weight is 439 g/mol. The summed E-state index contributed by atoms with van der Waals surface area (Å²) in [5, 5.41) is 16.5. The highest BCUT2D eigenvalue weighted by atomic mass is 32.1. The van der Waals surface area contributed by atoms with Gasteiger partial charge >= 0.3 is 6.09 Å². The first-order valence-electron chi connectivity index (χ1n) is 9.56. The second-order valence-corrected chi connectivity index (χ2v) is 8.13. The van der Waals surface area contributed by atoms with Crippen LogP contribution in [-0.4, -0.2) is 33.8 Å². The molecule has 0 unspecified atom stereocenters. The van der Waals surface area contributed by atoms with Crippen LogP contribution in [0.1, 0.15) is 30.9 Å². The lowest BCUT2D eigenvalue weighted by Crippen LogP contribution is -2.17. The number of hydrogen-bond acceptors (Lipinski definition) is 8. The van der Waals surface area contributed by atoms with Gasteiger partial charge in [-0.05, 0) is 53.4 Å². The van der Waals surface area contributed by atoms with Crippen LogP contribution in [0.4, 0.5) is 10.7 Å². The van der Waals surface area contributed by atoms with E-state index in [2.05, 4.69) is 39.8 Å². The Bertz CT molecular complexity index is 1200. The third-order valence-electron chi connectivity index (χ3n) is 4.64. The minimum absolute atomic E-state index is 0.00960. The largest absolute Gasteiger partial charge is 0.496 e. The summed E-state index contributed by atoms with van der Waals surface area (Å²) in [7, 11) is 1.61. The van der Waals surface area contributed by atoms with Gasteiger partial charge in [0.1, 0.15) is 11.5 Å². The van der Waals surface area contributed by atoms with Crippen LogP contribution in [-0.2, 0) is 0 Å². The summed E-state index contributed by atoms with van der Waals surface area (Å²) >= 11 is 1.30. The van der Waals surface area contributed by atoms with E-state index in [-0.39, 0.29) is 5.95 Å². The molecule has 0 saturated carbocycles. The van der Waals surface area contributed by atoms with Crippen LogP contribution >= 0.6 is 11.3 Å². The highest BCUT2D eigenvalue weighted by Crippen LogP contribution is 2.48. The highest BCUT2D eigenvalue weighted by Gasteiger charge is 2.21. The van der Waals surface area contributed by atoms with Crippen LogP contribution < -0.4 is 19.5 Å². The summed E-state index contributed by atoms with van der Waals surface area (Å²) in [5.74, 6) is 2.20. The van der Waals surface area contributed by atoms with Gasteiger partial charge in [-0.25, -0.2) is 4.79 Å². The van der Waals surface area contributed by atoms with Crippen LogP contribution in [0.15, 0.2) is 36.4 Å². The van der Waals surface area contributed by atoms with Crippen molar-refractivity contribution in [2.75, 3.05) is 12.4 Å². The molecule has 0 atom stereocenters. The van der Waals surface area contributed by atoms with Crippen LogP contribution in [0.2, 0.25) is 0 Å². The summed E-state index contributed by atoms with van der Waals surface area (Å²) < 4.78 is 18.1. The van der Waals surface area contributed by atoms with Crippen molar-refractivity contribution in [1.29, 1.82) is 0 Å². The zero-order valence-electron chi connectivity index (χ0n) is 17.4. The lowest BCUT2D eigenvalue weighted by Gasteiger charge is -2.10. The Morgan fingerprint density at radius 2 is 1.97 bits per heavy atom. The number of thiophene rings is 1. The van der Waals surface area contributed by atoms with Crippen LogP contribution in [0, 0.1) is 6.92 Å². The Morgan fingerprint density at radius 3 is 2.61 bits per heavy atom. The lowest BCUT2D eigenvalue weighted by molar-refractivity contribution is 0.215. The van der Waals surface area contributed by atoms with Gasteiger partial charge in [-0.1, -0.05) is 42.4 Å². The number of aryl methyl sites for hydroxylation is 1. The molecular formula is C21H21N5O4S. The van der Waals surface area contributed by atoms with Gasteiger partial charge in [0.2, 0.25) is 5.06 Å². The fourth-order valence-corrected chi connectivity index (χ4v) is 4.08. The third-order valence-corrected chi connectivity index (χ3v) is 5.65. The zero-order valence-corrected chi connectivity index (χ0v) is 18.2. The number of amides is 1. The smallest absolute Gasteiger partial charge is 0.420 e. The number of rotatable bonds is 6. The summed E-state index contributed by atoms with van der Waals surface area (Å²) in [6, 6.07) is 11.7. The van der Waals surface area contributed by atoms with Crippen molar-refractivity contribution in [3.05, 3.63) is 47.5 Å². The molecule has 4 rings (SSSR count). The second kappa shape index (κ2) is 8.60. The number of ether oxygens (including phenoxy) is 3. The number of H-pyrrole nitrogens is 1. The Hall–Kier alpha value is -3.66. The van der Waals surface area contributed by atoms with E-state index < -0.39 is 6.09 Å². The maximum absolute atomic E-state index is 12.3. The van der Waals surface area contributed by atoms with Crippen molar-refractivity contribution in [1.82, 2.24) is 20.6 Å². The Balaban J connectivity index is 1.70. The molecule has 1 amide bonds. The molecule has 0 aliphatic rings. The number of nitrogens with one attached hydrogen (secondary N) is 2. The first-order valence-corrected chi connectivity index (χ1v) is 10.4. The van der Waals surface area contributed by atoms with Gasteiger partial charge in [-0.2, -0.15) is 5.21 Å². The summed E-state index contributed by atoms with van der Waals surface area (Å²) in [4.78, 5) is 12.3. The van der Waals surface area contributed by atoms with Crippen LogP contribution in [0.3, 0.4) is 0 Å². The molecule has 2 heterocycles. The molecule has 2 N–H and O–H groups in total. The summed E-state index contributed by atoms with van der Waals surface area (Å²) in [6.45, 7) is 6.21. The van der Waals surface area contributed by atoms with E-state index in [4.69, 9.17) is 14.2 Å². The average Bonchev–Trinajstić information content (AvgIpc) is 3.36. The fraction of sp³-hybridized carbons (Fsp3) is 0.238. The molecule has 10 heteroatoms. The van der Waals surface area contributed by atoms with E-state index in [9.17, 15) is 4.79 Å². The number of tetrazole rings is 1. The first-order chi connectivity index (χ1) is 14.9. The van der Waals surface area contributed by atoms with Gasteiger partial charge < -0.3 is 14.2 Å². The number of carbonyl (C=O) groups is 1. The van der Waals surface area contributed by atoms with Gasteiger partial charge in [0.25, 0.3) is 5.95 Å². The molecule has 4 aromatic rings. The van der Waals surface area contributed by atoms with Crippen molar-refractivity contribution in [2.24, 2.45) is 0 Å². The Morgan fingerprint density at radius 1 is 1.19 bits per heavy atom. The molecule has 2 aromatic carbocycles. The van der Waals surface area contributed by atoms with Crippen molar-refractivity contribution >= 4 is 33.5 Å². The molecule has 0 spiro atoms. The minimum Gasteiger partial charge on any atom is -0.496 e. The normalized spacial score (nSPS) is 11.0. The Labute approximate surface area is 182 Å². The number of methoxy groups -OCH3 is 1. The standard InChI is InChI=1S/C21H21N5O4S/c1-11(2)13-5-7-14(8-6-13)29-18-15-10-16(28-4)12(3)9-17(15)31-19(18)30-21(27)22-20-23-25-26-24-20/h5-11H,1-4H3,(H2,22,23,24,25,26,27). The number of aromatic nitrogens is 4. The first kappa shape index (κ1) is 20.6. The van der Waals surface area contributed by atoms with Gasteiger partial charge in [-0.3, -0.25) is 5.32 Å². The molecule has 0 aliphatic carbocycles.